The number of carbonyl (C=O) groups excluding carboxylic acids is 1. The van der Waals surface area contributed by atoms with Gasteiger partial charge in [-0.1, -0.05) is 6.07 Å². The summed E-state index contributed by atoms with van der Waals surface area (Å²) in [7, 11) is 0. The Morgan fingerprint density at radius 2 is 2.23 bits per heavy atom. The number of allylic oxidation sites excluding steroid dienone is 1. The monoisotopic (exact) mass is 381 g/mol. The lowest BCUT2D eigenvalue weighted by Crippen LogP contribution is -2.44. The third-order valence-electron chi connectivity index (χ3n) is 4.79. The summed E-state index contributed by atoms with van der Waals surface area (Å²) in [6, 6.07) is 4.11. The van der Waals surface area contributed by atoms with Crippen molar-refractivity contribution in [3.8, 4) is 0 Å². The van der Waals surface area contributed by atoms with Crippen LogP contribution in [0.3, 0.4) is 0 Å². The van der Waals surface area contributed by atoms with Crippen molar-refractivity contribution in [2.45, 2.75) is 32.0 Å². The average molecular weight is 381 g/mol. The van der Waals surface area contributed by atoms with E-state index in [2.05, 4.69) is 6.07 Å². The maximum absolute atomic E-state index is 12.9. The van der Waals surface area contributed by atoms with E-state index in [1.54, 1.807) is 16.2 Å². The van der Waals surface area contributed by atoms with Crippen molar-refractivity contribution in [3.63, 3.8) is 0 Å². The second kappa shape index (κ2) is 9.50. The van der Waals surface area contributed by atoms with Crippen LogP contribution in [-0.4, -0.2) is 61.7 Å². The van der Waals surface area contributed by atoms with Gasteiger partial charge in [-0.25, -0.2) is 0 Å². The number of rotatable bonds is 7. The highest BCUT2D eigenvalue weighted by Gasteiger charge is 2.39. The van der Waals surface area contributed by atoms with Gasteiger partial charge in [0.15, 0.2) is 5.76 Å². The highest BCUT2D eigenvalue weighted by atomic mass is 32.1. The fraction of sp³-hybridized carbons (Fsp3) is 0.632. The number of hydrogen-bond donors (Lipinski definition) is 1. The topological polar surface area (TPSA) is 68.2 Å². The minimum atomic E-state index is -0.483. The molecular weight excluding hydrogens is 354 g/mol. The molecule has 1 N–H and O–H groups in total. The van der Waals surface area contributed by atoms with E-state index in [0.717, 1.165) is 6.42 Å². The van der Waals surface area contributed by atoms with Crippen molar-refractivity contribution in [1.29, 1.82) is 0 Å². The number of aliphatic hydroxyl groups excluding tert-OH is 1. The number of aliphatic hydroxyl groups is 1. The number of thiophene rings is 1. The molecule has 0 aromatic carbocycles. The highest BCUT2D eigenvalue weighted by molar-refractivity contribution is 7.10. The summed E-state index contributed by atoms with van der Waals surface area (Å²) in [4.78, 5) is 15.9. The van der Waals surface area contributed by atoms with Gasteiger partial charge in [0.05, 0.1) is 13.2 Å². The minimum absolute atomic E-state index is 0.0480. The standard InChI is InChI=1S/C19H27NO5S/c1-2-24-19-14(5-3-9-21)15(17-6-4-12-26-17)13-16(25-19)18(22)20-7-10-23-11-8-20/h4,6,12-15,19,21H,2-3,5,7-11H2,1H3/t14-,15+,19-/m0/s1. The zero-order valence-corrected chi connectivity index (χ0v) is 16.0. The molecule has 0 radical (unpaired) electrons. The molecule has 7 heteroatoms. The van der Waals surface area contributed by atoms with E-state index >= 15 is 0 Å². The van der Waals surface area contributed by atoms with Gasteiger partial charge >= 0.3 is 0 Å². The van der Waals surface area contributed by atoms with Gasteiger partial charge in [0.1, 0.15) is 0 Å². The van der Waals surface area contributed by atoms with Crippen LogP contribution in [0.2, 0.25) is 0 Å². The number of ether oxygens (including phenoxy) is 3. The van der Waals surface area contributed by atoms with Gasteiger partial charge < -0.3 is 24.2 Å². The maximum atomic E-state index is 12.9. The average Bonchev–Trinajstić information content (AvgIpc) is 3.21. The summed E-state index contributed by atoms with van der Waals surface area (Å²) < 4.78 is 17.2. The molecule has 26 heavy (non-hydrogen) atoms. The second-order valence-corrected chi connectivity index (χ2v) is 7.43. The molecule has 0 aliphatic carbocycles. The SMILES string of the molecule is CCO[C@H]1OC(C(=O)N2CCOCC2)=C[C@@H](c2cccs2)[C@@H]1CCCO. The van der Waals surface area contributed by atoms with Gasteiger partial charge in [0, 0.05) is 43.0 Å². The molecule has 1 aromatic rings. The van der Waals surface area contributed by atoms with Crippen molar-refractivity contribution in [2.24, 2.45) is 5.92 Å². The summed E-state index contributed by atoms with van der Waals surface area (Å²) in [5, 5.41) is 11.3. The number of hydrogen-bond acceptors (Lipinski definition) is 6. The van der Waals surface area contributed by atoms with Crippen LogP contribution in [0.1, 0.15) is 30.6 Å². The molecule has 1 saturated heterocycles. The predicted octanol–water partition coefficient (Wildman–Crippen LogP) is 2.36. The van der Waals surface area contributed by atoms with Crippen LogP contribution >= 0.6 is 11.3 Å². The molecular formula is C19H27NO5S. The molecule has 1 amide bonds. The van der Waals surface area contributed by atoms with E-state index in [1.165, 1.54) is 4.88 Å². The van der Waals surface area contributed by atoms with Gasteiger partial charge in [0.25, 0.3) is 5.91 Å². The number of carbonyl (C=O) groups is 1. The number of morpholine rings is 1. The molecule has 1 fully saturated rings. The minimum Gasteiger partial charge on any atom is -0.459 e. The first-order valence-electron chi connectivity index (χ1n) is 9.26. The van der Waals surface area contributed by atoms with Crippen molar-refractivity contribution in [2.75, 3.05) is 39.5 Å². The molecule has 0 bridgehead atoms. The van der Waals surface area contributed by atoms with Crippen LogP contribution in [0.25, 0.3) is 0 Å². The molecule has 144 valence electrons. The summed E-state index contributed by atoms with van der Waals surface area (Å²) >= 11 is 1.67. The normalized spacial score (nSPS) is 26.3. The molecule has 0 unspecified atom stereocenters. The molecule has 3 heterocycles. The van der Waals surface area contributed by atoms with Crippen LogP contribution in [0.15, 0.2) is 29.3 Å². The van der Waals surface area contributed by atoms with E-state index in [-0.39, 0.29) is 24.3 Å². The molecule has 2 aliphatic heterocycles. The number of amides is 1. The molecule has 1 aromatic heterocycles. The third-order valence-corrected chi connectivity index (χ3v) is 5.77. The van der Waals surface area contributed by atoms with Crippen LogP contribution in [-0.2, 0) is 19.0 Å². The van der Waals surface area contributed by atoms with E-state index in [4.69, 9.17) is 14.2 Å². The Bertz CT molecular complexity index is 597. The first-order valence-corrected chi connectivity index (χ1v) is 10.1. The van der Waals surface area contributed by atoms with Crippen LogP contribution in [0.5, 0.6) is 0 Å². The van der Waals surface area contributed by atoms with E-state index in [0.29, 0.717) is 45.1 Å². The molecule has 2 aliphatic rings. The lowest BCUT2D eigenvalue weighted by atomic mass is 9.84. The van der Waals surface area contributed by atoms with Crippen molar-refractivity contribution >= 4 is 17.2 Å². The summed E-state index contributed by atoms with van der Waals surface area (Å²) in [5.74, 6) is 0.387. The Labute approximate surface area is 158 Å². The second-order valence-electron chi connectivity index (χ2n) is 6.45. The largest absolute Gasteiger partial charge is 0.459 e. The number of nitrogens with zero attached hydrogens (tertiary/aromatic N) is 1. The first-order chi connectivity index (χ1) is 12.7. The van der Waals surface area contributed by atoms with Crippen LogP contribution < -0.4 is 0 Å². The van der Waals surface area contributed by atoms with Gasteiger partial charge in [0.2, 0.25) is 6.29 Å². The van der Waals surface area contributed by atoms with Crippen LogP contribution in [0, 0.1) is 5.92 Å². The van der Waals surface area contributed by atoms with Gasteiger partial charge in [-0.15, -0.1) is 11.3 Å². The van der Waals surface area contributed by atoms with E-state index in [1.807, 2.05) is 24.4 Å². The third kappa shape index (κ3) is 4.46. The van der Waals surface area contributed by atoms with E-state index < -0.39 is 6.29 Å². The smallest absolute Gasteiger partial charge is 0.288 e. The van der Waals surface area contributed by atoms with E-state index in [9.17, 15) is 9.90 Å². The fourth-order valence-corrected chi connectivity index (χ4v) is 4.36. The zero-order valence-electron chi connectivity index (χ0n) is 15.1. The Hall–Kier alpha value is -1.41. The quantitative estimate of drug-likeness (QED) is 0.785. The van der Waals surface area contributed by atoms with Crippen molar-refractivity contribution in [3.05, 3.63) is 34.2 Å². The Balaban J connectivity index is 1.87. The van der Waals surface area contributed by atoms with Crippen molar-refractivity contribution < 1.29 is 24.1 Å². The van der Waals surface area contributed by atoms with Crippen LogP contribution in [0.4, 0.5) is 0 Å². The maximum Gasteiger partial charge on any atom is 0.288 e. The Kier molecular flexibility index (Phi) is 7.07. The summed E-state index contributed by atoms with van der Waals surface area (Å²) in [5.41, 5.74) is 0. The fourth-order valence-electron chi connectivity index (χ4n) is 3.49. The summed E-state index contributed by atoms with van der Waals surface area (Å²) in [6.45, 7) is 4.84. The van der Waals surface area contributed by atoms with Gasteiger partial charge in [-0.05, 0) is 37.3 Å². The Morgan fingerprint density at radius 1 is 1.42 bits per heavy atom. The molecule has 3 atom stereocenters. The highest BCUT2D eigenvalue weighted by Crippen LogP contribution is 2.41. The zero-order chi connectivity index (χ0) is 18.4. The molecule has 6 nitrogen and oxygen atoms in total. The predicted molar refractivity (Wildman–Crippen MR) is 98.9 cm³/mol. The Morgan fingerprint density at radius 3 is 2.88 bits per heavy atom. The molecule has 3 rings (SSSR count). The molecule has 0 saturated carbocycles. The first kappa shape index (κ1) is 19.4. The molecule has 0 spiro atoms. The lowest BCUT2D eigenvalue weighted by molar-refractivity contribution is -0.171. The van der Waals surface area contributed by atoms with Gasteiger partial charge in [-0.3, -0.25) is 4.79 Å². The summed E-state index contributed by atoms with van der Waals surface area (Å²) in [6.07, 6.45) is 2.92. The van der Waals surface area contributed by atoms with Crippen molar-refractivity contribution in [1.82, 2.24) is 4.90 Å². The lowest BCUT2D eigenvalue weighted by Gasteiger charge is -2.38. The van der Waals surface area contributed by atoms with Gasteiger partial charge in [-0.2, -0.15) is 0 Å².